The van der Waals surface area contributed by atoms with E-state index in [1.54, 1.807) is 0 Å². The Morgan fingerprint density at radius 2 is 1.56 bits per heavy atom. The van der Waals surface area contributed by atoms with Gasteiger partial charge in [-0.1, -0.05) is 0 Å². The quantitative estimate of drug-likeness (QED) is 0.839. The summed E-state index contributed by atoms with van der Waals surface area (Å²) in [6.45, 7) is 7.53. The smallest absolute Gasteiger partial charge is 0.222 e. The number of anilines is 2. The van der Waals surface area contributed by atoms with E-state index in [0.717, 1.165) is 63.1 Å². The molecule has 3 fully saturated rings. The van der Waals surface area contributed by atoms with Gasteiger partial charge >= 0.3 is 0 Å². The Hall–Kier alpha value is -1.85. The largest absolute Gasteiger partial charge is 0.356 e. The van der Waals surface area contributed by atoms with Crippen molar-refractivity contribution in [1.29, 1.82) is 0 Å². The molecule has 0 radical (unpaired) electrons. The molecule has 1 aliphatic carbocycles. The minimum atomic E-state index is 0.343. The van der Waals surface area contributed by atoms with Crippen LogP contribution in [-0.2, 0) is 4.79 Å². The number of nitrogens with zero attached hydrogens (tertiary/aromatic N) is 5. The lowest BCUT2D eigenvalue weighted by Crippen LogP contribution is -2.49. The van der Waals surface area contributed by atoms with E-state index in [0.29, 0.717) is 11.8 Å². The summed E-state index contributed by atoms with van der Waals surface area (Å²) in [5, 5.41) is 0. The van der Waals surface area contributed by atoms with Crippen molar-refractivity contribution >= 4 is 17.5 Å². The minimum absolute atomic E-state index is 0.343. The lowest BCUT2D eigenvalue weighted by molar-refractivity contribution is -0.131. The van der Waals surface area contributed by atoms with Gasteiger partial charge < -0.3 is 14.7 Å². The second-order valence-electron chi connectivity index (χ2n) is 7.69. The zero-order valence-corrected chi connectivity index (χ0v) is 15.3. The van der Waals surface area contributed by atoms with Crippen molar-refractivity contribution in [3.63, 3.8) is 0 Å². The average molecular weight is 343 g/mol. The third-order valence-electron chi connectivity index (χ3n) is 5.61. The summed E-state index contributed by atoms with van der Waals surface area (Å²) < 4.78 is 0. The Morgan fingerprint density at radius 3 is 2.16 bits per heavy atom. The monoisotopic (exact) mass is 343 g/mol. The number of carbonyl (C=O) groups is 1. The first-order valence-corrected chi connectivity index (χ1v) is 9.82. The molecule has 0 N–H and O–H groups in total. The fourth-order valence-electron chi connectivity index (χ4n) is 3.87. The number of hydrogen-bond acceptors (Lipinski definition) is 5. The Kier molecular flexibility index (Phi) is 4.77. The predicted octanol–water partition coefficient (Wildman–Crippen LogP) is 2.22. The molecule has 2 saturated heterocycles. The Morgan fingerprint density at radius 1 is 0.960 bits per heavy atom. The predicted molar refractivity (Wildman–Crippen MR) is 99.0 cm³/mol. The van der Waals surface area contributed by atoms with Gasteiger partial charge in [-0.2, -0.15) is 0 Å². The van der Waals surface area contributed by atoms with Gasteiger partial charge in [-0.15, -0.1) is 0 Å². The summed E-state index contributed by atoms with van der Waals surface area (Å²) in [4.78, 5) is 28.3. The molecule has 6 heteroatoms. The van der Waals surface area contributed by atoms with Crippen LogP contribution in [0.5, 0.6) is 0 Å². The Bertz CT molecular complexity index is 616. The lowest BCUT2D eigenvalue weighted by Gasteiger charge is -2.36. The van der Waals surface area contributed by atoms with E-state index in [1.807, 2.05) is 11.8 Å². The number of aromatic nitrogens is 2. The fourth-order valence-corrected chi connectivity index (χ4v) is 3.87. The molecule has 0 unspecified atom stereocenters. The van der Waals surface area contributed by atoms with Gasteiger partial charge in [0, 0.05) is 51.8 Å². The van der Waals surface area contributed by atoms with Crippen LogP contribution >= 0.6 is 0 Å². The molecule has 0 bridgehead atoms. The molecule has 0 spiro atoms. The van der Waals surface area contributed by atoms with Gasteiger partial charge in [0.1, 0.15) is 17.5 Å². The Labute approximate surface area is 150 Å². The van der Waals surface area contributed by atoms with E-state index in [1.165, 1.54) is 32.1 Å². The highest BCUT2D eigenvalue weighted by Gasteiger charge is 2.29. The van der Waals surface area contributed by atoms with Crippen molar-refractivity contribution in [2.45, 2.75) is 45.4 Å². The number of aryl methyl sites for hydroxylation is 1. The zero-order valence-electron chi connectivity index (χ0n) is 15.3. The zero-order chi connectivity index (χ0) is 17.2. The fraction of sp³-hybridized carbons (Fsp3) is 0.737. The molecule has 3 heterocycles. The highest BCUT2D eigenvalue weighted by atomic mass is 16.2. The number of rotatable bonds is 4. The molecule has 3 aliphatic rings. The molecule has 1 aromatic heterocycles. The van der Waals surface area contributed by atoms with Crippen LogP contribution in [0.25, 0.3) is 0 Å². The molecule has 0 atom stereocenters. The van der Waals surface area contributed by atoms with Gasteiger partial charge in [-0.25, -0.2) is 9.97 Å². The van der Waals surface area contributed by atoms with Gasteiger partial charge in [-0.05, 0) is 44.9 Å². The number of carbonyl (C=O) groups excluding carboxylic acids is 1. The van der Waals surface area contributed by atoms with Gasteiger partial charge in [0.05, 0.1) is 0 Å². The summed E-state index contributed by atoms with van der Waals surface area (Å²) >= 11 is 0. The van der Waals surface area contributed by atoms with Crippen LogP contribution in [0.2, 0.25) is 0 Å². The Balaban J connectivity index is 1.40. The van der Waals surface area contributed by atoms with Crippen LogP contribution in [0.15, 0.2) is 6.07 Å². The van der Waals surface area contributed by atoms with Crippen molar-refractivity contribution in [3.8, 4) is 0 Å². The molecular formula is C19H29N5O. The van der Waals surface area contributed by atoms with Crippen LogP contribution < -0.4 is 9.80 Å². The van der Waals surface area contributed by atoms with Crippen molar-refractivity contribution in [2.75, 3.05) is 49.1 Å². The molecule has 4 rings (SSSR count). The van der Waals surface area contributed by atoms with Crippen molar-refractivity contribution in [2.24, 2.45) is 5.92 Å². The standard InChI is InChI=1S/C19H29N5O/c1-15-20-17(22-7-3-2-4-8-22)14-18(21-15)23-9-11-24(12-10-23)19(25)13-16-5-6-16/h14,16H,2-13H2,1H3. The number of amides is 1. The first-order valence-electron chi connectivity index (χ1n) is 9.82. The second kappa shape index (κ2) is 7.18. The molecule has 0 aromatic carbocycles. The van der Waals surface area contributed by atoms with E-state index in [9.17, 15) is 4.79 Å². The van der Waals surface area contributed by atoms with Crippen LogP contribution in [0.3, 0.4) is 0 Å². The third-order valence-corrected chi connectivity index (χ3v) is 5.61. The summed E-state index contributed by atoms with van der Waals surface area (Å²) in [7, 11) is 0. The van der Waals surface area contributed by atoms with E-state index >= 15 is 0 Å². The van der Waals surface area contributed by atoms with Crippen molar-refractivity contribution in [3.05, 3.63) is 11.9 Å². The first-order chi connectivity index (χ1) is 12.2. The van der Waals surface area contributed by atoms with Crippen molar-refractivity contribution in [1.82, 2.24) is 14.9 Å². The SMILES string of the molecule is Cc1nc(N2CCCCC2)cc(N2CCN(C(=O)CC3CC3)CC2)n1. The topological polar surface area (TPSA) is 52.6 Å². The molecule has 2 aliphatic heterocycles. The first kappa shape index (κ1) is 16.6. The molecular weight excluding hydrogens is 314 g/mol. The summed E-state index contributed by atoms with van der Waals surface area (Å²) in [6, 6.07) is 2.14. The maximum Gasteiger partial charge on any atom is 0.222 e. The van der Waals surface area contributed by atoms with Crippen LogP contribution in [0.1, 0.15) is 44.3 Å². The molecule has 136 valence electrons. The highest BCUT2D eigenvalue weighted by Crippen LogP contribution is 2.33. The van der Waals surface area contributed by atoms with Crippen LogP contribution in [0.4, 0.5) is 11.6 Å². The minimum Gasteiger partial charge on any atom is -0.356 e. The summed E-state index contributed by atoms with van der Waals surface area (Å²) in [5.41, 5.74) is 0. The van der Waals surface area contributed by atoms with Crippen LogP contribution in [0, 0.1) is 12.8 Å². The second-order valence-corrected chi connectivity index (χ2v) is 7.69. The van der Waals surface area contributed by atoms with Gasteiger partial charge in [-0.3, -0.25) is 4.79 Å². The molecule has 1 amide bonds. The maximum atomic E-state index is 12.3. The number of hydrogen-bond donors (Lipinski definition) is 0. The third kappa shape index (κ3) is 4.05. The number of piperidine rings is 1. The van der Waals surface area contributed by atoms with E-state index in [-0.39, 0.29) is 0 Å². The number of piperazine rings is 1. The van der Waals surface area contributed by atoms with Gasteiger partial charge in [0.15, 0.2) is 0 Å². The van der Waals surface area contributed by atoms with E-state index in [4.69, 9.17) is 0 Å². The van der Waals surface area contributed by atoms with Gasteiger partial charge in [0.25, 0.3) is 0 Å². The van der Waals surface area contributed by atoms with Gasteiger partial charge in [0.2, 0.25) is 5.91 Å². The summed E-state index contributed by atoms with van der Waals surface area (Å²) in [5.74, 6) is 3.93. The average Bonchev–Trinajstić information content (AvgIpc) is 3.46. The van der Waals surface area contributed by atoms with E-state index < -0.39 is 0 Å². The van der Waals surface area contributed by atoms with Crippen LogP contribution in [-0.4, -0.2) is 60.0 Å². The highest BCUT2D eigenvalue weighted by molar-refractivity contribution is 5.77. The van der Waals surface area contributed by atoms with Crippen molar-refractivity contribution < 1.29 is 4.79 Å². The molecule has 1 aromatic rings. The molecule has 6 nitrogen and oxygen atoms in total. The molecule has 1 saturated carbocycles. The lowest BCUT2D eigenvalue weighted by atomic mass is 10.1. The normalized spacial score (nSPS) is 21.6. The summed E-state index contributed by atoms with van der Waals surface area (Å²) in [6.07, 6.45) is 7.06. The molecule has 25 heavy (non-hydrogen) atoms. The maximum absolute atomic E-state index is 12.3. The van der Waals surface area contributed by atoms with E-state index in [2.05, 4.69) is 25.8 Å².